The highest BCUT2D eigenvalue weighted by molar-refractivity contribution is 5.82. The number of hydrogen-bond donors (Lipinski definition) is 0. The van der Waals surface area contributed by atoms with Crippen LogP contribution in [0.3, 0.4) is 0 Å². The number of hydrogen-bond acceptors (Lipinski definition) is 4. The van der Waals surface area contributed by atoms with E-state index < -0.39 is 0 Å². The summed E-state index contributed by atoms with van der Waals surface area (Å²) < 4.78 is 8.68. The van der Waals surface area contributed by atoms with Gasteiger partial charge in [-0.1, -0.05) is 83.1 Å². The fourth-order valence-electron chi connectivity index (χ4n) is 6.44. The number of nitrogens with zero attached hydrogens (tertiary/aromatic N) is 4. The van der Waals surface area contributed by atoms with E-state index in [-0.39, 0.29) is 10.8 Å². The Hall–Kier alpha value is -4.51. The van der Waals surface area contributed by atoms with E-state index >= 15 is 0 Å². The molecule has 1 aliphatic rings. The summed E-state index contributed by atoms with van der Waals surface area (Å²) in [5.41, 5.74) is 10.3. The average molecular weight is 571 g/mol. The van der Waals surface area contributed by atoms with Crippen LogP contribution in [0.1, 0.15) is 62.7 Å². The summed E-state index contributed by atoms with van der Waals surface area (Å²) in [6, 6.07) is 34.1. The lowest BCUT2D eigenvalue weighted by molar-refractivity contribution is 0.478. The van der Waals surface area contributed by atoms with Crippen molar-refractivity contribution in [3.05, 3.63) is 125 Å². The zero-order valence-corrected chi connectivity index (χ0v) is 26.6. The molecule has 2 heterocycles. The van der Waals surface area contributed by atoms with Gasteiger partial charge in [0, 0.05) is 41.5 Å². The largest absolute Gasteiger partial charge is 0.457 e. The molecule has 5 aromatic rings. The minimum Gasteiger partial charge on any atom is -0.457 e. The van der Waals surface area contributed by atoms with E-state index in [1.165, 1.54) is 28.1 Å². The first-order valence-electron chi connectivity index (χ1n) is 15.1. The Morgan fingerprint density at radius 2 is 1.35 bits per heavy atom. The first-order chi connectivity index (χ1) is 20.4. The third-order valence-corrected chi connectivity index (χ3v) is 8.72. The van der Waals surface area contributed by atoms with E-state index in [4.69, 9.17) is 9.84 Å². The van der Waals surface area contributed by atoms with Crippen molar-refractivity contribution in [2.24, 2.45) is 0 Å². The zero-order chi connectivity index (χ0) is 30.5. The standard InChI is InChI=1S/C38H42N4O/c1-26-36(38(6,7)28-15-10-9-11-16-28)27(2)42(39-26)30-17-14-18-32(23-30)43-33-22-29(37(3,4)5)21-31(24-33)41-25-40(8)34-19-12-13-20-35(34)41/h9-24H,25H2,1-8H3. The number of aryl methyl sites for hydroxylation is 1. The molecule has 43 heavy (non-hydrogen) atoms. The summed E-state index contributed by atoms with van der Waals surface area (Å²) in [5, 5.41) is 5.01. The minimum atomic E-state index is -0.173. The molecule has 0 atom stereocenters. The molecule has 0 spiro atoms. The molecule has 0 N–H and O–H groups in total. The highest BCUT2D eigenvalue weighted by Crippen LogP contribution is 2.43. The van der Waals surface area contributed by atoms with Gasteiger partial charge in [0.25, 0.3) is 0 Å². The molecule has 6 rings (SSSR count). The Morgan fingerprint density at radius 1 is 0.674 bits per heavy atom. The molecule has 1 aliphatic heterocycles. The molecule has 0 saturated heterocycles. The van der Waals surface area contributed by atoms with Crippen LogP contribution in [0.4, 0.5) is 17.1 Å². The van der Waals surface area contributed by atoms with Crippen LogP contribution >= 0.6 is 0 Å². The van der Waals surface area contributed by atoms with Crippen molar-refractivity contribution in [1.82, 2.24) is 9.78 Å². The number of para-hydroxylation sites is 2. The second-order valence-corrected chi connectivity index (χ2v) is 13.3. The Balaban J connectivity index is 1.35. The second-order valence-electron chi connectivity index (χ2n) is 13.3. The second kappa shape index (κ2) is 10.6. The number of anilines is 3. The Bertz CT molecular complexity index is 1780. The molecule has 5 nitrogen and oxygen atoms in total. The quantitative estimate of drug-likeness (QED) is 0.204. The van der Waals surface area contributed by atoms with Gasteiger partial charge in [-0.2, -0.15) is 5.10 Å². The maximum atomic E-state index is 6.62. The smallest absolute Gasteiger partial charge is 0.129 e. The van der Waals surface area contributed by atoms with E-state index in [0.29, 0.717) is 0 Å². The van der Waals surface area contributed by atoms with Crippen LogP contribution in [0.2, 0.25) is 0 Å². The van der Waals surface area contributed by atoms with Crippen LogP contribution < -0.4 is 14.5 Å². The van der Waals surface area contributed by atoms with Crippen LogP contribution in [0.15, 0.2) is 97.1 Å². The summed E-state index contributed by atoms with van der Waals surface area (Å²) >= 11 is 0. The molecular formula is C38H42N4O. The predicted molar refractivity (Wildman–Crippen MR) is 179 cm³/mol. The lowest BCUT2D eigenvalue weighted by Gasteiger charge is -2.26. The van der Waals surface area contributed by atoms with Gasteiger partial charge in [0.05, 0.1) is 29.4 Å². The lowest BCUT2D eigenvalue weighted by atomic mass is 9.77. The number of fused-ring (bicyclic) bond motifs is 1. The molecule has 5 heteroatoms. The number of rotatable bonds is 6. The molecule has 0 unspecified atom stereocenters. The van der Waals surface area contributed by atoms with Gasteiger partial charge in [-0.15, -0.1) is 0 Å². The normalized spacial score (nSPS) is 13.4. The van der Waals surface area contributed by atoms with Gasteiger partial charge in [-0.3, -0.25) is 0 Å². The van der Waals surface area contributed by atoms with Gasteiger partial charge in [0.15, 0.2) is 0 Å². The van der Waals surface area contributed by atoms with Gasteiger partial charge >= 0.3 is 0 Å². The maximum Gasteiger partial charge on any atom is 0.129 e. The van der Waals surface area contributed by atoms with Crippen molar-refractivity contribution >= 4 is 17.1 Å². The molecule has 0 bridgehead atoms. The predicted octanol–water partition coefficient (Wildman–Crippen LogP) is 9.45. The summed E-state index contributed by atoms with van der Waals surface area (Å²) in [6.45, 7) is 16.4. The fourth-order valence-corrected chi connectivity index (χ4v) is 6.44. The van der Waals surface area contributed by atoms with Crippen molar-refractivity contribution in [2.75, 3.05) is 23.5 Å². The van der Waals surface area contributed by atoms with Crippen molar-refractivity contribution < 1.29 is 4.74 Å². The molecular weight excluding hydrogens is 528 g/mol. The van der Waals surface area contributed by atoms with Gasteiger partial charge in [-0.05, 0) is 66.8 Å². The first kappa shape index (κ1) is 28.6. The Kier molecular flexibility index (Phi) is 7.08. The Morgan fingerprint density at radius 3 is 2.07 bits per heavy atom. The van der Waals surface area contributed by atoms with Crippen LogP contribution in [-0.2, 0) is 10.8 Å². The van der Waals surface area contributed by atoms with Crippen molar-refractivity contribution in [1.29, 1.82) is 0 Å². The van der Waals surface area contributed by atoms with Crippen LogP contribution in [-0.4, -0.2) is 23.5 Å². The summed E-state index contributed by atoms with van der Waals surface area (Å²) in [5.74, 6) is 1.61. The monoisotopic (exact) mass is 570 g/mol. The van der Waals surface area contributed by atoms with E-state index in [9.17, 15) is 0 Å². The van der Waals surface area contributed by atoms with Crippen LogP contribution in [0.5, 0.6) is 11.5 Å². The summed E-state index contributed by atoms with van der Waals surface area (Å²) in [7, 11) is 2.14. The van der Waals surface area contributed by atoms with Crippen molar-refractivity contribution in [3.63, 3.8) is 0 Å². The third-order valence-electron chi connectivity index (χ3n) is 8.72. The molecule has 0 saturated carbocycles. The van der Waals surface area contributed by atoms with Crippen molar-refractivity contribution in [2.45, 2.75) is 59.3 Å². The highest BCUT2D eigenvalue weighted by atomic mass is 16.5. The topological polar surface area (TPSA) is 33.5 Å². The van der Waals surface area contributed by atoms with Crippen molar-refractivity contribution in [3.8, 4) is 17.2 Å². The molecule has 4 aromatic carbocycles. The molecule has 0 radical (unpaired) electrons. The van der Waals surface area contributed by atoms with Gasteiger partial charge in [0.1, 0.15) is 11.5 Å². The fraction of sp³-hybridized carbons (Fsp3) is 0.289. The van der Waals surface area contributed by atoms with E-state index in [1.807, 2.05) is 12.1 Å². The molecule has 220 valence electrons. The number of aromatic nitrogens is 2. The summed E-state index contributed by atoms with van der Waals surface area (Å²) in [4.78, 5) is 4.64. The van der Waals surface area contributed by atoms with Gasteiger partial charge < -0.3 is 14.5 Å². The average Bonchev–Trinajstić information content (AvgIpc) is 3.48. The molecule has 1 aromatic heterocycles. The molecule has 0 amide bonds. The Labute approximate surface area is 256 Å². The van der Waals surface area contributed by atoms with Gasteiger partial charge in [-0.25, -0.2) is 4.68 Å². The number of ether oxygens (including phenoxy) is 1. The maximum absolute atomic E-state index is 6.62. The zero-order valence-electron chi connectivity index (χ0n) is 26.6. The third kappa shape index (κ3) is 5.29. The first-order valence-corrected chi connectivity index (χ1v) is 15.1. The van der Waals surface area contributed by atoms with E-state index in [0.717, 1.165) is 40.9 Å². The van der Waals surface area contributed by atoms with E-state index in [2.05, 4.69) is 155 Å². The molecule has 0 aliphatic carbocycles. The number of benzene rings is 4. The minimum absolute atomic E-state index is 0.0350. The van der Waals surface area contributed by atoms with Gasteiger partial charge in [0.2, 0.25) is 0 Å². The highest BCUT2D eigenvalue weighted by Gasteiger charge is 2.30. The van der Waals surface area contributed by atoms with Crippen LogP contribution in [0.25, 0.3) is 5.69 Å². The van der Waals surface area contributed by atoms with E-state index in [1.54, 1.807) is 0 Å². The lowest BCUT2D eigenvalue weighted by Crippen LogP contribution is -2.24. The molecule has 0 fully saturated rings. The van der Waals surface area contributed by atoms with Crippen LogP contribution in [0, 0.1) is 13.8 Å². The SMILES string of the molecule is Cc1nn(-c2cccc(Oc3cc(N4CN(C)c5ccccc54)cc(C(C)(C)C)c3)c2)c(C)c1C(C)(C)c1ccccc1. The summed E-state index contributed by atoms with van der Waals surface area (Å²) in [6.07, 6.45) is 0.